The Morgan fingerprint density at radius 1 is 0.774 bits per heavy atom. The smallest absolute Gasteiger partial charge is 0.243 e. The predicted octanol–water partition coefficient (Wildman–Crippen LogP) is 6.31. The molecule has 0 N–H and O–H groups in total. The SMILES string of the molecule is CCCCCOC1CCCCC1Cn1cc[n+](CC2CCCCC2OCCCCC)c1. The molecule has 1 heterocycles. The first-order chi connectivity index (χ1) is 15.3. The largest absolute Gasteiger partial charge is 0.378 e. The molecule has 2 fully saturated rings. The highest BCUT2D eigenvalue weighted by Gasteiger charge is 2.30. The molecule has 2 saturated carbocycles. The molecule has 4 nitrogen and oxygen atoms in total. The van der Waals surface area contributed by atoms with Crippen molar-refractivity contribution in [1.82, 2.24) is 4.57 Å². The lowest BCUT2D eigenvalue weighted by Gasteiger charge is -2.30. The van der Waals surface area contributed by atoms with Gasteiger partial charge in [-0.15, -0.1) is 0 Å². The fourth-order valence-corrected chi connectivity index (χ4v) is 5.57. The maximum Gasteiger partial charge on any atom is 0.243 e. The molecule has 0 amide bonds. The number of ether oxygens (including phenoxy) is 2. The van der Waals surface area contributed by atoms with E-state index in [1.807, 2.05) is 0 Å². The summed E-state index contributed by atoms with van der Waals surface area (Å²) in [5.41, 5.74) is 0. The van der Waals surface area contributed by atoms with E-state index in [0.29, 0.717) is 24.0 Å². The first kappa shape index (κ1) is 24.8. The molecule has 0 bridgehead atoms. The average molecular weight is 434 g/mol. The zero-order chi connectivity index (χ0) is 21.7. The molecule has 0 spiro atoms. The van der Waals surface area contributed by atoms with Crippen molar-refractivity contribution >= 4 is 0 Å². The Bertz CT molecular complexity index is 539. The van der Waals surface area contributed by atoms with Gasteiger partial charge in [0.15, 0.2) is 0 Å². The summed E-state index contributed by atoms with van der Waals surface area (Å²) < 4.78 is 17.5. The monoisotopic (exact) mass is 433 g/mol. The van der Waals surface area contributed by atoms with Crippen LogP contribution in [0.3, 0.4) is 0 Å². The van der Waals surface area contributed by atoms with E-state index >= 15 is 0 Å². The van der Waals surface area contributed by atoms with Gasteiger partial charge in [-0.3, -0.25) is 0 Å². The molecule has 31 heavy (non-hydrogen) atoms. The van der Waals surface area contributed by atoms with Crippen LogP contribution >= 0.6 is 0 Å². The van der Waals surface area contributed by atoms with Crippen LogP contribution < -0.4 is 4.57 Å². The molecule has 4 unspecified atom stereocenters. The summed E-state index contributed by atoms with van der Waals surface area (Å²) in [4.78, 5) is 0. The summed E-state index contributed by atoms with van der Waals surface area (Å²) in [5.74, 6) is 1.33. The Hall–Kier alpha value is -0.870. The highest BCUT2D eigenvalue weighted by atomic mass is 16.5. The third-order valence-electron chi connectivity index (χ3n) is 7.48. The van der Waals surface area contributed by atoms with Crippen LogP contribution in [0.1, 0.15) is 104 Å². The van der Waals surface area contributed by atoms with Crippen molar-refractivity contribution in [2.75, 3.05) is 13.2 Å². The standard InChI is InChI=1S/C27H49N2O2/c1-3-5-11-19-30-26-15-9-7-13-24(26)21-28-17-18-29(23-28)22-25-14-8-10-16-27(25)31-20-12-6-4-2/h17-18,23-27H,3-16,19-22H2,1-2H3/q+1. The van der Waals surface area contributed by atoms with E-state index in [9.17, 15) is 0 Å². The minimum absolute atomic E-state index is 0.459. The van der Waals surface area contributed by atoms with E-state index in [-0.39, 0.29) is 0 Å². The molecular formula is C27H49N2O2+. The number of unbranched alkanes of at least 4 members (excludes halogenated alkanes) is 4. The lowest BCUT2D eigenvalue weighted by molar-refractivity contribution is -0.704. The second kappa shape index (κ2) is 14.3. The van der Waals surface area contributed by atoms with Crippen LogP contribution in [0, 0.1) is 11.8 Å². The first-order valence-electron chi connectivity index (χ1n) is 13.6. The zero-order valence-electron chi connectivity index (χ0n) is 20.5. The van der Waals surface area contributed by atoms with E-state index in [0.717, 1.165) is 26.3 Å². The summed E-state index contributed by atoms with van der Waals surface area (Å²) in [6, 6.07) is 0. The molecule has 2 aliphatic rings. The Kier molecular flexibility index (Phi) is 11.4. The van der Waals surface area contributed by atoms with Crippen molar-refractivity contribution < 1.29 is 14.0 Å². The van der Waals surface area contributed by atoms with Gasteiger partial charge in [-0.1, -0.05) is 65.2 Å². The van der Waals surface area contributed by atoms with Crippen molar-refractivity contribution in [3.8, 4) is 0 Å². The predicted molar refractivity (Wildman–Crippen MR) is 127 cm³/mol. The van der Waals surface area contributed by atoms with Crippen LogP contribution in [0.15, 0.2) is 18.7 Å². The van der Waals surface area contributed by atoms with E-state index < -0.39 is 0 Å². The third-order valence-corrected chi connectivity index (χ3v) is 7.48. The number of hydrogen-bond acceptors (Lipinski definition) is 2. The van der Waals surface area contributed by atoms with Crippen LogP contribution in [-0.2, 0) is 22.6 Å². The Labute approximate surface area is 191 Å². The quantitative estimate of drug-likeness (QED) is 0.254. The Morgan fingerprint density at radius 3 is 2.00 bits per heavy atom. The fraction of sp³-hybridized carbons (Fsp3) is 0.889. The maximum atomic E-state index is 6.33. The molecule has 3 rings (SSSR count). The second-order valence-electron chi connectivity index (χ2n) is 10.1. The minimum atomic E-state index is 0.459. The highest BCUT2D eigenvalue weighted by Crippen LogP contribution is 2.29. The van der Waals surface area contributed by atoms with Crippen LogP contribution in [0.2, 0.25) is 0 Å². The van der Waals surface area contributed by atoms with Crippen molar-refractivity contribution in [3.63, 3.8) is 0 Å². The molecule has 1 aromatic heterocycles. The van der Waals surface area contributed by atoms with Crippen molar-refractivity contribution in [2.45, 2.75) is 129 Å². The van der Waals surface area contributed by atoms with E-state index in [1.165, 1.54) is 89.9 Å². The molecule has 0 saturated heterocycles. The normalized spacial score (nSPS) is 26.9. The number of rotatable bonds is 14. The summed E-state index contributed by atoms with van der Waals surface area (Å²) in [7, 11) is 0. The molecule has 0 aliphatic heterocycles. The molecular weight excluding hydrogens is 384 g/mol. The van der Waals surface area contributed by atoms with Crippen molar-refractivity contribution in [2.24, 2.45) is 11.8 Å². The third kappa shape index (κ3) is 8.53. The van der Waals surface area contributed by atoms with Gasteiger partial charge in [0.25, 0.3) is 0 Å². The Morgan fingerprint density at radius 2 is 1.35 bits per heavy atom. The highest BCUT2D eigenvalue weighted by molar-refractivity contribution is 4.79. The number of hydrogen-bond donors (Lipinski definition) is 0. The average Bonchev–Trinajstić information content (AvgIpc) is 3.23. The van der Waals surface area contributed by atoms with E-state index in [1.54, 1.807) is 0 Å². The first-order valence-corrected chi connectivity index (χ1v) is 13.6. The van der Waals surface area contributed by atoms with Gasteiger partial charge in [0.05, 0.1) is 25.3 Å². The minimum Gasteiger partial charge on any atom is -0.378 e. The van der Waals surface area contributed by atoms with Crippen LogP contribution in [0.5, 0.6) is 0 Å². The number of nitrogens with zero attached hydrogens (tertiary/aromatic N) is 2. The molecule has 2 aliphatic carbocycles. The number of imidazole rings is 1. The van der Waals surface area contributed by atoms with Gasteiger partial charge in [0.1, 0.15) is 12.4 Å². The van der Waals surface area contributed by atoms with Gasteiger partial charge in [-0.2, -0.15) is 0 Å². The summed E-state index contributed by atoms with van der Waals surface area (Å²) >= 11 is 0. The molecule has 4 atom stereocenters. The lowest BCUT2D eigenvalue weighted by atomic mass is 9.86. The van der Waals surface area contributed by atoms with Crippen molar-refractivity contribution in [3.05, 3.63) is 18.7 Å². The molecule has 178 valence electrons. The molecule has 0 aromatic carbocycles. The summed E-state index contributed by atoms with van der Waals surface area (Å²) in [5, 5.41) is 0. The molecule has 1 aromatic rings. The van der Waals surface area contributed by atoms with Gasteiger partial charge >= 0.3 is 0 Å². The van der Waals surface area contributed by atoms with Crippen LogP contribution in [0.4, 0.5) is 0 Å². The van der Waals surface area contributed by atoms with Gasteiger partial charge in [0, 0.05) is 25.0 Å². The van der Waals surface area contributed by atoms with Crippen LogP contribution in [0.25, 0.3) is 0 Å². The van der Waals surface area contributed by atoms with E-state index in [4.69, 9.17) is 9.47 Å². The van der Waals surface area contributed by atoms with Gasteiger partial charge < -0.3 is 9.47 Å². The topological polar surface area (TPSA) is 27.3 Å². The molecule has 0 radical (unpaired) electrons. The van der Waals surface area contributed by atoms with Gasteiger partial charge in [0.2, 0.25) is 6.33 Å². The molecule has 4 heteroatoms. The summed E-state index contributed by atoms with van der Waals surface area (Å²) in [6.07, 6.45) is 25.9. The van der Waals surface area contributed by atoms with E-state index in [2.05, 4.69) is 41.7 Å². The number of aromatic nitrogens is 2. The zero-order valence-corrected chi connectivity index (χ0v) is 20.5. The second-order valence-corrected chi connectivity index (χ2v) is 10.1. The van der Waals surface area contributed by atoms with Gasteiger partial charge in [-0.05, 0) is 38.5 Å². The maximum absolute atomic E-state index is 6.33. The van der Waals surface area contributed by atoms with Crippen molar-refractivity contribution in [1.29, 1.82) is 0 Å². The summed E-state index contributed by atoms with van der Waals surface area (Å²) in [6.45, 7) is 8.63. The van der Waals surface area contributed by atoms with Crippen LogP contribution in [-0.4, -0.2) is 30.0 Å². The van der Waals surface area contributed by atoms with Gasteiger partial charge in [-0.25, -0.2) is 9.13 Å². The lowest BCUT2D eigenvalue weighted by Crippen LogP contribution is -2.42. The Balaban J connectivity index is 1.48. The fourth-order valence-electron chi connectivity index (χ4n) is 5.57.